The van der Waals surface area contributed by atoms with E-state index in [0.29, 0.717) is 10.7 Å². The van der Waals surface area contributed by atoms with Crippen molar-refractivity contribution < 1.29 is 9.53 Å². The van der Waals surface area contributed by atoms with Crippen LogP contribution in [0.5, 0.6) is 0 Å². The number of hydrogen-bond acceptors (Lipinski definition) is 4. The van der Waals surface area contributed by atoms with Crippen molar-refractivity contribution in [1.82, 2.24) is 9.78 Å². The minimum absolute atomic E-state index is 0.175. The zero-order valence-electron chi connectivity index (χ0n) is 11.4. The third kappa shape index (κ3) is 3.33. The average Bonchev–Trinajstić information content (AvgIpc) is 2.44. The summed E-state index contributed by atoms with van der Waals surface area (Å²) in [5, 5.41) is 4.60. The van der Waals surface area contributed by atoms with Gasteiger partial charge >= 0.3 is 5.97 Å². The number of aryl methyl sites for hydroxylation is 1. The Balaban J connectivity index is 2.56. The number of hydrogen-bond donors (Lipinski definition) is 0. The number of nitrogens with zero attached hydrogens (tertiary/aromatic N) is 2. The van der Waals surface area contributed by atoms with Gasteiger partial charge in [0.1, 0.15) is 0 Å². The standard InChI is InChI=1S/C14H12BrClN2O3/c1-3-21-14(20)13-12(19)4-5-18(17-13)11-7-10(16)8(2)6-9(11)15/h4-7H,3H2,1-2H3. The number of halogens is 2. The topological polar surface area (TPSA) is 61.2 Å². The first kappa shape index (κ1) is 15.7. The molecular formula is C14H12BrClN2O3. The van der Waals surface area contributed by atoms with Gasteiger partial charge in [-0.25, -0.2) is 9.48 Å². The van der Waals surface area contributed by atoms with Gasteiger partial charge in [0.15, 0.2) is 0 Å². The lowest BCUT2D eigenvalue weighted by Gasteiger charge is -2.10. The second-order valence-electron chi connectivity index (χ2n) is 4.25. The van der Waals surface area contributed by atoms with Crippen LogP contribution in [0.3, 0.4) is 0 Å². The molecule has 1 aromatic carbocycles. The zero-order chi connectivity index (χ0) is 15.6. The Kier molecular flexibility index (Phi) is 4.80. The van der Waals surface area contributed by atoms with Gasteiger partial charge in [-0.1, -0.05) is 11.6 Å². The summed E-state index contributed by atoms with van der Waals surface area (Å²) >= 11 is 9.52. The summed E-state index contributed by atoms with van der Waals surface area (Å²) in [5.41, 5.74) is 0.775. The number of benzene rings is 1. The van der Waals surface area contributed by atoms with Crippen molar-refractivity contribution in [3.05, 3.63) is 55.4 Å². The van der Waals surface area contributed by atoms with Crippen molar-refractivity contribution in [2.75, 3.05) is 6.61 Å². The highest BCUT2D eigenvalue weighted by atomic mass is 79.9. The molecule has 0 bridgehead atoms. The van der Waals surface area contributed by atoms with E-state index in [1.807, 2.05) is 13.0 Å². The molecular weight excluding hydrogens is 360 g/mol. The lowest BCUT2D eigenvalue weighted by Crippen LogP contribution is -2.22. The molecule has 0 N–H and O–H groups in total. The van der Waals surface area contributed by atoms with Gasteiger partial charge in [-0.15, -0.1) is 0 Å². The molecule has 0 fully saturated rings. The van der Waals surface area contributed by atoms with Crippen LogP contribution < -0.4 is 5.43 Å². The molecule has 110 valence electrons. The van der Waals surface area contributed by atoms with Crippen molar-refractivity contribution in [3.8, 4) is 5.69 Å². The highest BCUT2D eigenvalue weighted by molar-refractivity contribution is 9.10. The Labute approximate surface area is 134 Å². The van der Waals surface area contributed by atoms with Crippen LogP contribution in [0.25, 0.3) is 5.69 Å². The Morgan fingerprint density at radius 1 is 1.48 bits per heavy atom. The Bertz CT molecular complexity index is 758. The molecule has 1 aromatic heterocycles. The number of carbonyl (C=O) groups is 1. The van der Waals surface area contributed by atoms with Crippen molar-refractivity contribution in [3.63, 3.8) is 0 Å². The zero-order valence-corrected chi connectivity index (χ0v) is 13.7. The average molecular weight is 372 g/mol. The van der Waals surface area contributed by atoms with Gasteiger partial charge in [-0.05, 0) is 47.5 Å². The highest BCUT2D eigenvalue weighted by Crippen LogP contribution is 2.27. The van der Waals surface area contributed by atoms with Crippen LogP contribution in [0.1, 0.15) is 23.0 Å². The molecule has 0 spiro atoms. The van der Waals surface area contributed by atoms with Gasteiger partial charge in [0.2, 0.25) is 11.1 Å². The van der Waals surface area contributed by atoms with E-state index in [4.69, 9.17) is 16.3 Å². The molecule has 0 saturated carbocycles. The first-order valence-corrected chi connectivity index (χ1v) is 7.34. The molecule has 5 nitrogen and oxygen atoms in total. The molecule has 0 aliphatic heterocycles. The van der Waals surface area contributed by atoms with E-state index in [1.54, 1.807) is 13.0 Å². The molecule has 21 heavy (non-hydrogen) atoms. The van der Waals surface area contributed by atoms with Crippen LogP contribution in [-0.2, 0) is 4.74 Å². The van der Waals surface area contributed by atoms with E-state index in [-0.39, 0.29) is 12.3 Å². The first-order chi connectivity index (χ1) is 9.93. The number of esters is 1. The number of ether oxygens (including phenoxy) is 1. The van der Waals surface area contributed by atoms with E-state index in [2.05, 4.69) is 21.0 Å². The lowest BCUT2D eigenvalue weighted by molar-refractivity contribution is 0.0515. The fourth-order valence-corrected chi connectivity index (χ4v) is 2.49. The maximum atomic E-state index is 11.7. The molecule has 0 radical (unpaired) electrons. The minimum Gasteiger partial charge on any atom is -0.461 e. The van der Waals surface area contributed by atoms with Crippen LogP contribution in [-0.4, -0.2) is 22.4 Å². The molecule has 2 aromatic rings. The number of rotatable bonds is 3. The van der Waals surface area contributed by atoms with Gasteiger partial charge in [0.05, 0.1) is 12.3 Å². The normalized spacial score (nSPS) is 10.5. The summed E-state index contributed by atoms with van der Waals surface area (Å²) in [6.07, 6.45) is 1.47. The van der Waals surface area contributed by atoms with Crippen LogP contribution in [0, 0.1) is 6.92 Å². The largest absolute Gasteiger partial charge is 0.461 e. The monoisotopic (exact) mass is 370 g/mol. The summed E-state index contributed by atoms with van der Waals surface area (Å²) in [4.78, 5) is 23.4. The summed E-state index contributed by atoms with van der Waals surface area (Å²) in [5.74, 6) is -0.744. The molecule has 0 amide bonds. The van der Waals surface area contributed by atoms with Crippen molar-refractivity contribution in [2.24, 2.45) is 0 Å². The molecule has 7 heteroatoms. The smallest absolute Gasteiger partial charge is 0.362 e. The van der Waals surface area contributed by atoms with Gasteiger partial charge in [-0.3, -0.25) is 4.79 Å². The Hall–Kier alpha value is -1.66. The van der Waals surface area contributed by atoms with E-state index >= 15 is 0 Å². The summed E-state index contributed by atoms with van der Waals surface area (Å²) in [7, 11) is 0. The predicted molar refractivity (Wildman–Crippen MR) is 83.2 cm³/mol. The van der Waals surface area contributed by atoms with E-state index in [0.717, 1.165) is 10.0 Å². The SMILES string of the molecule is CCOC(=O)c1nn(-c2cc(Cl)c(C)cc2Br)ccc1=O. The Morgan fingerprint density at radius 3 is 2.86 bits per heavy atom. The van der Waals surface area contributed by atoms with Crippen molar-refractivity contribution in [1.29, 1.82) is 0 Å². The van der Waals surface area contributed by atoms with Crippen molar-refractivity contribution in [2.45, 2.75) is 13.8 Å². The highest BCUT2D eigenvalue weighted by Gasteiger charge is 2.15. The van der Waals surface area contributed by atoms with Gasteiger partial charge in [0, 0.05) is 21.8 Å². The van der Waals surface area contributed by atoms with Crippen molar-refractivity contribution >= 4 is 33.5 Å². The maximum Gasteiger partial charge on any atom is 0.362 e. The fourth-order valence-electron chi connectivity index (χ4n) is 1.69. The molecule has 1 heterocycles. The summed E-state index contributed by atoms with van der Waals surface area (Å²) in [6.45, 7) is 3.71. The van der Waals surface area contributed by atoms with E-state index in [1.165, 1.54) is 16.9 Å². The summed E-state index contributed by atoms with van der Waals surface area (Å²) in [6, 6.07) is 4.80. The quantitative estimate of drug-likeness (QED) is 0.778. The van der Waals surface area contributed by atoms with Gasteiger partial charge in [-0.2, -0.15) is 5.10 Å². The van der Waals surface area contributed by atoms with E-state index in [9.17, 15) is 9.59 Å². The molecule has 0 aliphatic rings. The second kappa shape index (κ2) is 6.41. The lowest BCUT2D eigenvalue weighted by atomic mass is 10.2. The van der Waals surface area contributed by atoms with Crippen LogP contribution in [0.2, 0.25) is 5.02 Å². The number of carbonyl (C=O) groups excluding carboxylic acids is 1. The predicted octanol–water partition coefficient (Wildman–Crippen LogP) is 3.13. The maximum absolute atomic E-state index is 11.7. The number of aromatic nitrogens is 2. The van der Waals surface area contributed by atoms with Crippen LogP contribution in [0.4, 0.5) is 0 Å². The van der Waals surface area contributed by atoms with Crippen LogP contribution >= 0.6 is 27.5 Å². The third-order valence-corrected chi connectivity index (χ3v) is 3.79. The first-order valence-electron chi connectivity index (χ1n) is 6.17. The molecule has 0 unspecified atom stereocenters. The molecule has 0 aliphatic carbocycles. The summed E-state index contributed by atoms with van der Waals surface area (Å²) < 4.78 is 6.97. The fraction of sp³-hybridized carbons (Fsp3) is 0.214. The van der Waals surface area contributed by atoms with Gasteiger partial charge < -0.3 is 4.74 Å². The Morgan fingerprint density at radius 2 is 2.19 bits per heavy atom. The van der Waals surface area contributed by atoms with E-state index < -0.39 is 11.4 Å². The third-order valence-electron chi connectivity index (χ3n) is 2.75. The van der Waals surface area contributed by atoms with Gasteiger partial charge in [0.25, 0.3) is 0 Å². The minimum atomic E-state index is -0.744. The molecule has 2 rings (SSSR count). The molecule has 0 atom stereocenters. The second-order valence-corrected chi connectivity index (χ2v) is 5.51. The molecule has 0 saturated heterocycles. The van der Waals surface area contributed by atoms with Crippen LogP contribution in [0.15, 0.2) is 33.7 Å².